The van der Waals surface area contributed by atoms with Gasteiger partial charge in [-0.25, -0.2) is 44.3 Å². The summed E-state index contributed by atoms with van der Waals surface area (Å²) >= 11 is 5.61. The number of nitrogens with one attached hydrogen (secondary N) is 2. The molecule has 0 aliphatic carbocycles. The van der Waals surface area contributed by atoms with E-state index < -0.39 is 61.6 Å². The maximum Gasteiger partial charge on any atom is 0.573 e. The molecule has 2 amide bonds. The van der Waals surface area contributed by atoms with Crippen molar-refractivity contribution in [1.29, 1.82) is 0 Å². The summed E-state index contributed by atoms with van der Waals surface area (Å²) in [5, 5.41) is 7.55. The van der Waals surface area contributed by atoms with Crippen LogP contribution >= 0.6 is 11.6 Å². The minimum absolute atomic E-state index is 0.00815. The van der Waals surface area contributed by atoms with E-state index in [2.05, 4.69) is 70.2 Å². The van der Waals surface area contributed by atoms with Crippen LogP contribution in [0.1, 0.15) is 155 Å². The summed E-state index contributed by atoms with van der Waals surface area (Å²) in [4.78, 5) is 10.8. The number of carbonyl (C=O) groups excluding carboxylic acids is 1. The Bertz CT molecular complexity index is 3830. The summed E-state index contributed by atoms with van der Waals surface area (Å²) in [6.07, 6.45) is -2.46. The number of halogens is 11. The Morgan fingerprint density at radius 1 is 0.455 bits per heavy atom. The maximum atomic E-state index is 13.3. The summed E-state index contributed by atoms with van der Waals surface area (Å²) in [7, 11) is -6.73. The van der Waals surface area contributed by atoms with Crippen LogP contribution in [-0.4, -0.2) is 41.6 Å². The summed E-state index contributed by atoms with van der Waals surface area (Å²) in [6.45, 7) is 32.7. The molecule has 0 bridgehead atoms. The number of ether oxygens (including phenoxy) is 2. The van der Waals surface area contributed by atoms with E-state index in [9.17, 15) is 65.5 Å². The van der Waals surface area contributed by atoms with Crippen LogP contribution in [0.5, 0.6) is 11.5 Å². The zero-order valence-corrected chi connectivity index (χ0v) is 63.3. The second-order valence-corrected chi connectivity index (χ2v) is 31.2. The molecule has 0 aromatic heterocycles. The molecular weight excluding hydrogens is 1380 g/mol. The van der Waals surface area contributed by atoms with Gasteiger partial charge in [0, 0.05) is 17.4 Å². The lowest BCUT2D eigenvalue weighted by Crippen LogP contribution is -2.19. The molecule has 0 fully saturated rings. The molecular formula is C77H103ClF10N4O7S2. The van der Waals surface area contributed by atoms with Crippen molar-refractivity contribution in [2.24, 2.45) is 52.3 Å². The van der Waals surface area contributed by atoms with Crippen molar-refractivity contribution in [2.75, 3.05) is 16.3 Å². The number of amides is 2. The van der Waals surface area contributed by atoms with Crippen LogP contribution in [0.15, 0.2) is 150 Å². The van der Waals surface area contributed by atoms with Crippen LogP contribution in [0.3, 0.4) is 0 Å². The molecule has 6 N–H and O–H groups in total. The summed E-state index contributed by atoms with van der Waals surface area (Å²) in [6, 6.07) is 37.9. The van der Waals surface area contributed by atoms with Crippen molar-refractivity contribution in [1.82, 2.24) is 0 Å². The van der Waals surface area contributed by atoms with Crippen LogP contribution in [0.25, 0.3) is 0 Å². The average Bonchev–Trinajstić information content (AvgIpc) is 0.846. The smallest absolute Gasteiger partial charge is 0.488 e. The van der Waals surface area contributed by atoms with Gasteiger partial charge in [-0.2, -0.15) is 13.2 Å². The number of rotatable bonds is 21. The number of urea groups is 1. The van der Waals surface area contributed by atoms with Crippen molar-refractivity contribution in [3.63, 3.8) is 0 Å². The van der Waals surface area contributed by atoms with Crippen LogP contribution in [0.4, 0.5) is 60.1 Å². The van der Waals surface area contributed by atoms with Gasteiger partial charge in [-0.3, -0.25) is 4.72 Å². The van der Waals surface area contributed by atoms with Gasteiger partial charge < -0.3 is 20.5 Å². The van der Waals surface area contributed by atoms with E-state index in [1.807, 2.05) is 110 Å². The van der Waals surface area contributed by atoms with Crippen LogP contribution in [-0.2, 0) is 71.2 Å². The number of primary amides is 1. The second kappa shape index (κ2) is 44.2. The highest BCUT2D eigenvalue weighted by Gasteiger charge is 2.34. The first-order valence-electron chi connectivity index (χ1n) is 33.1. The third kappa shape index (κ3) is 43.9. The normalized spacial score (nSPS) is 11.5. The fourth-order valence-corrected chi connectivity index (χ4v) is 10.9. The fourth-order valence-electron chi connectivity index (χ4n) is 9.59. The van der Waals surface area contributed by atoms with E-state index >= 15 is 0 Å². The highest BCUT2D eigenvalue weighted by atomic mass is 35.5. The Labute approximate surface area is 598 Å². The highest BCUT2D eigenvalue weighted by Crippen LogP contribution is 2.34. The molecule has 0 spiro atoms. The monoisotopic (exact) mass is 1480 g/mol. The predicted molar refractivity (Wildman–Crippen MR) is 390 cm³/mol. The predicted octanol–water partition coefficient (Wildman–Crippen LogP) is 21.6. The highest BCUT2D eigenvalue weighted by molar-refractivity contribution is 7.92. The molecule has 0 heterocycles. The maximum absolute atomic E-state index is 13.3. The van der Waals surface area contributed by atoms with E-state index in [-0.39, 0.29) is 33.5 Å². The van der Waals surface area contributed by atoms with Crippen molar-refractivity contribution in [3.05, 3.63) is 218 Å². The molecule has 562 valence electrons. The SMILES string of the molecule is CC(C)Cc1cc(F)cc(F)c1.CC(C)Cc1ccc(Cl)c(OC(F)(F)F)c1.CC(C)Cc1ccc(F)c(C(F)(F)F)c1.CC(C)Cc1ccc(F)c(OC(C)C)c1.CC(C)Cc1cccc(NC(N)=O)c1.CC(C)Cc1cccc(NS(C)(=O)=O)c1.CC(C)Cc1cccc(S(N)(=O)=O)c1. The van der Waals surface area contributed by atoms with Crippen LogP contribution in [0.2, 0.25) is 5.02 Å². The topological polar surface area (TPSA) is 180 Å². The van der Waals surface area contributed by atoms with Gasteiger partial charge in [0.25, 0.3) is 0 Å². The van der Waals surface area contributed by atoms with Gasteiger partial charge in [-0.1, -0.05) is 163 Å². The quantitative estimate of drug-likeness (QED) is 0.0517. The number of alkyl halides is 6. The molecule has 101 heavy (non-hydrogen) atoms. The Hall–Kier alpha value is -7.34. The Balaban J connectivity index is 0.000000590. The molecule has 7 rings (SSSR count). The first-order chi connectivity index (χ1) is 46.5. The Morgan fingerprint density at radius 2 is 0.822 bits per heavy atom. The Kier molecular flexibility index (Phi) is 40.1. The third-order valence-electron chi connectivity index (χ3n) is 13.0. The number of anilines is 2. The molecule has 7 aromatic carbocycles. The molecule has 0 saturated heterocycles. The summed E-state index contributed by atoms with van der Waals surface area (Å²) in [5.41, 5.74) is 11.8. The van der Waals surface area contributed by atoms with Gasteiger partial charge in [0.15, 0.2) is 11.6 Å². The van der Waals surface area contributed by atoms with Gasteiger partial charge in [-0.15, -0.1) is 13.2 Å². The van der Waals surface area contributed by atoms with Crippen LogP contribution in [0, 0.1) is 64.7 Å². The lowest BCUT2D eigenvalue weighted by atomic mass is 10.0. The molecule has 7 aromatic rings. The molecule has 0 atom stereocenters. The van der Waals surface area contributed by atoms with Gasteiger partial charge in [0.05, 0.1) is 27.8 Å². The molecule has 11 nitrogen and oxygen atoms in total. The summed E-state index contributed by atoms with van der Waals surface area (Å²) in [5.74, 6) is 0.825. The number of carbonyl (C=O) groups is 1. The standard InChI is InChI=1S/C13H19FO.C11H12ClF3O.C11H12F4.C11H16N2O.C11H17NO2S.C10H12F2.C10H15NO2S/c1-9(2)7-11-5-6-12(14)13(8-11)15-10(3)4;1-7(2)5-8-3-4-9(12)10(6-8)16-11(13,14)15;1-7(2)5-8-3-4-10(12)9(6-8)11(13,14)15;1-8(2)6-9-4-3-5-10(7-9)13-11(12)14;1-9(2)7-10-5-4-6-11(8-10)12-15(3,13)14;1-7(2)3-8-4-9(11)6-10(12)5-8;1-8(2)6-9-4-3-5-10(7-9)14(11,12)13/h5-6,8-10H,7H2,1-4H3;3-4,6-7H,5H2,1-2H3;3-4,6-7H,5H2,1-2H3;3-5,7-8H,6H2,1-2H3,(H3,12,13,14);4-6,8-9,12H,7H2,1-3H3;4-7H,3H2,1-2H3;3-5,7-8H,6H2,1-2H3,(H2,11,12,13). The van der Waals surface area contributed by atoms with Crippen LogP contribution < -0.4 is 30.4 Å². The molecule has 0 aliphatic heterocycles. The molecule has 0 radical (unpaired) electrons. The van der Waals surface area contributed by atoms with E-state index in [1.165, 1.54) is 48.0 Å². The lowest BCUT2D eigenvalue weighted by Gasteiger charge is -2.12. The third-order valence-corrected chi connectivity index (χ3v) is 14.8. The molecule has 0 aliphatic rings. The Morgan fingerprint density at radius 3 is 1.22 bits per heavy atom. The average molecular weight is 1490 g/mol. The van der Waals surface area contributed by atoms with Crippen molar-refractivity contribution < 1.29 is 75.0 Å². The van der Waals surface area contributed by atoms with E-state index in [0.29, 0.717) is 71.8 Å². The number of sulfonamides is 2. The number of nitrogens with two attached hydrogens (primary N) is 2. The number of hydrogen-bond donors (Lipinski definition) is 4. The van der Waals surface area contributed by atoms with Gasteiger partial charge in [0.1, 0.15) is 23.2 Å². The second-order valence-electron chi connectivity index (χ2n) is 27.5. The zero-order valence-electron chi connectivity index (χ0n) is 60.9. The summed E-state index contributed by atoms with van der Waals surface area (Å²) < 4.78 is 180. The van der Waals surface area contributed by atoms with E-state index in [4.69, 9.17) is 27.2 Å². The molecule has 24 heteroatoms. The number of benzene rings is 7. The van der Waals surface area contributed by atoms with Gasteiger partial charge in [-0.05, 0) is 224 Å². The fraction of sp³-hybridized carbons (Fsp3) is 0.442. The minimum Gasteiger partial charge on any atom is -0.488 e. The van der Waals surface area contributed by atoms with Gasteiger partial charge in [0.2, 0.25) is 20.0 Å². The number of hydrogen-bond acceptors (Lipinski definition) is 7. The number of primary sulfonamides is 1. The van der Waals surface area contributed by atoms with Crippen molar-refractivity contribution in [3.8, 4) is 11.5 Å². The molecule has 0 saturated carbocycles. The minimum atomic E-state index is -4.71. The largest absolute Gasteiger partial charge is 0.573 e. The van der Waals surface area contributed by atoms with Crippen molar-refractivity contribution in [2.45, 2.75) is 179 Å². The first-order valence-corrected chi connectivity index (χ1v) is 36.9. The first kappa shape index (κ1) is 91.7. The molecule has 0 unspecified atom stereocenters. The van der Waals surface area contributed by atoms with Crippen molar-refractivity contribution >= 4 is 49.1 Å². The lowest BCUT2D eigenvalue weighted by molar-refractivity contribution is -0.274. The van der Waals surface area contributed by atoms with Gasteiger partial charge >= 0.3 is 18.6 Å². The van der Waals surface area contributed by atoms with E-state index in [0.717, 1.165) is 83.6 Å². The van der Waals surface area contributed by atoms with E-state index in [1.54, 1.807) is 30.3 Å². The zero-order chi connectivity index (χ0) is 77.3.